The summed E-state index contributed by atoms with van der Waals surface area (Å²) in [7, 11) is 0. The zero-order valence-electron chi connectivity index (χ0n) is 8.65. The molecule has 0 aliphatic carbocycles. The minimum atomic E-state index is -4.88. The lowest BCUT2D eigenvalue weighted by molar-refractivity contribution is -0.197. The fraction of sp³-hybridized carbons (Fsp3) is 0.200. The molecule has 0 amide bonds. The number of halogens is 3. The highest BCUT2D eigenvalue weighted by Crippen LogP contribution is 2.29. The van der Waals surface area contributed by atoms with Gasteiger partial charge < -0.3 is 4.84 Å². The molecule has 0 fully saturated rings. The van der Waals surface area contributed by atoms with Gasteiger partial charge in [-0.05, 0) is 18.2 Å². The van der Waals surface area contributed by atoms with Crippen LogP contribution in [0.4, 0.5) is 18.9 Å². The van der Waals surface area contributed by atoms with Crippen molar-refractivity contribution in [3.05, 3.63) is 29.8 Å². The lowest BCUT2D eigenvalue weighted by atomic mass is 10.2. The molecule has 1 aromatic rings. The number of carbonyl (C=O) groups is 1. The summed E-state index contributed by atoms with van der Waals surface area (Å²) in [5, 5.41) is 8.08. The molecule has 0 heterocycles. The van der Waals surface area contributed by atoms with Gasteiger partial charge in [0.15, 0.2) is 0 Å². The van der Waals surface area contributed by atoms with Gasteiger partial charge in [0.25, 0.3) is 0 Å². The Morgan fingerprint density at radius 2 is 2.12 bits per heavy atom. The summed E-state index contributed by atoms with van der Waals surface area (Å²) in [6.07, 6.45) is -4.88. The van der Waals surface area contributed by atoms with Crippen LogP contribution in [0.1, 0.15) is 12.5 Å². The number of hydroxylamine groups is 1. The number of hydrogen-bond donors (Lipinski definition) is 0. The number of rotatable bonds is 2. The molecule has 7 heteroatoms. The van der Waals surface area contributed by atoms with E-state index in [-0.39, 0.29) is 5.56 Å². The second-order valence-corrected chi connectivity index (χ2v) is 3.01. The predicted molar refractivity (Wildman–Crippen MR) is 51.5 cm³/mol. The summed E-state index contributed by atoms with van der Waals surface area (Å²) < 4.78 is 37.7. The van der Waals surface area contributed by atoms with E-state index in [0.29, 0.717) is 0 Å². The molecular weight excluding hydrogens is 237 g/mol. The zero-order chi connectivity index (χ0) is 13.1. The Balaban J connectivity index is 3.13. The van der Waals surface area contributed by atoms with Gasteiger partial charge in [-0.25, -0.2) is 0 Å². The van der Waals surface area contributed by atoms with E-state index < -0.39 is 23.0 Å². The number of anilines is 1. The van der Waals surface area contributed by atoms with Crippen LogP contribution in [0.15, 0.2) is 24.3 Å². The Morgan fingerprint density at radius 1 is 1.47 bits per heavy atom. The van der Waals surface area contributed by atoms with E-state index in [1.54, 1.807) is 6.07 Å². The van der Waals surface area contributed by atoms with Gasteiger partial charge in [-0.3, -0.25) is 4.79 Å². The molecule has 0 spiro atoms. The topological polar surface area (TPSA) is 53.3 Å². The van der Waals surface area contributed by atoms with Crippen molar-refractivity contribution in [3.63, 3.8) is 0 Å². The Kier molecular flexibility index (Phi) is 3.58. The molecule has 0 aromatic heterocycles. The number of alkyl halides is 3. The minimum absolute atomic E-state index is 0.0314. The maximum atomic E-state index is 12.6. The highest BCUT2D eigenvalue weighted by molar-refractivity contribution is 5.68. The molecule has 0 unspecified atom stereocenters. The minimum Gasteiger partial charge on any atom is -0.333 e. The quantitative estimate of drug-likeness (QED) is 0.592. The summed E-state index contributed by atoms with van der Waals surface area (Å²) in [4.78, 5) is 14.7. The summed E-state index contributed by atoms with van der Waals surface area (Å²) in [6, 6.07) is 6.34. The van der Waals surface area contributed by atoms with Gasteiger partial charge in [-0.2, -0.15) is 5.26 Å². The van der Waals surface area contributed by atoms with Crippen molar-refractivity contribution in [2.45, 2.75) is 13.2 Å². The fourth-order valence-electron chi connectivity index (χ4n) is 1.08. The lowest BCUT2D eigenvalue weighted by Crippen LogP contribution is -2.39. The van der Waals surface area contributed by atoms with E-state index in [0.717, 1.165) is 19.1 Å². The first-order chi connectivity index (χ1) is 7.84. The van der Waals surface area contributed by atoms with Gasteiger partial charge in [-0.1, -0.05) is 6.07 Å². The Labute approximate surface area is 94.8 Å². The predicted octanol–water partition coefficient (Wildman–Crippen LogP) is 2.36. The molecule has 0 atom stereocenters. The molecule has 0 radical (unpaired) electrons. The van der Waals surface area contributed by atoms with Crippen molar-refractivity contribution < 1.29 is 22.8 Å². The fourth-order valence-corrected chi connectivity index (χ4v) is 1.08. The molecule has 0 aliphatic heterocycles. The molecule has 0 aliphatic rings. The molecule has 0 bridgehead atoms. The van der Waals surface area contributed by atoms with Crippen LogP contribution in [-0.2, 0) is 9.63 Å². The molecule has 17 heavy (non-hydrogen) atoms. The van der Waals surface area contributed by atoms with Gasteiger partial charge in [0.2, 0.25) is 0 Å². The van der Waals surface area contributed by atoms with Gasteiger partial charge in [0.1, 0.15) is 0 Å². The third-order valence-corrected chi connectivity index (χ3v) is 1.66. The summed E-state index contributed by atoms with van der Waals surface area (Å²) in [5.41, 5.74) is -0.407. The first-order valence-electron chi connectivity index (χ1n) is 4.40. The molecular formula is C10H7F3N2O2. The molecule has 4 nitrogen and oxygen atoms in total. The molecule has 90 valence electrons. The van der Waals surface area contributed by atoms with Crippen molar-refractivity contribution in [1.29, 1.82) is 5.26 Å². The zero-order valence-corrected chi connectivity index (χ0v) is 8.65. The van der Waals surface area contributed by atoms with E-state index in [4.69, 9.17) is 5.26 Å². The van der Waals surface area contributed by atoms with Crippen LogP contribution >= 0.6 is 0 Å². The third-order valence-electron chi connectivity index (χ3n) is 1.66. The highest BCUT2D eigenvalue weighted by Gasteiger charge is 2.41. The number of carbonyl (C=O) groups excluding carboxylic acids is 1. The standard InChI is InChI=1S/C10H7F3N2O2/c1-7(16)17-15(10(11,12)13)9-4-2-3-8(5-9)6-14/h2-5H,1H3. The van der Waals surface area contributed by atoms with E-state index in [1.165, 1.54) is 12.1 Å². The van der Waals surface area contributed by atoms with Crippen molar-refractivity contribution in [3.8, 4) is 6.07 Å². The lowest BCUT2D eigenvalue weighted by Gasteiger charge is -2.24. The number of nitrogens with zero attached hydrogens (tertiary/aromatic N) is 2. The second-order valence-electron chi connectivity index (χ2n) is 3.01. The molecule has 0 saturated heterocycles. The molecule has 0 N–H and O–H groups in total. The van der Waals surface area contributed by atoms with E-state index in [2.05, 4.69) is 4.84 Å². The van der Waals surface area contributed by atoms with Crippen LogP contribution in [0.3, 0.4) is 0 Å². The van der Waals surface area contributed by atoms with E-state index in [1.807, 2.05) is 0 Å². The summed E-state index contributed by atoms with van der Waals surface area (Å²) in [6.45, 7) is 0.854. The smallest absolute Gasteiger partial charge is 0.333 e. The van der Waals surface area contributed by atoms with Crippen molar-refractivity contribution in [2.24, 2.45) is 0 Å². The van der Waals surface area contributed by atoms with Crippen LogP contribution in [-0.4, -0.2) is 12.3 Å². The average molecular weight is 244 g/mol. The highest BCUT2D eigenvalue weighted by atomic mass is 19.4. The Morgan fingerprint density at radius 3 is 2.59 bits per heavy atom. The maximum absolute atomic E-state index is 12.6. The van der Waals surface area contributed by atoms with Crippen LogP contribution in [0, 0.1) is 11.3 Å². The second kappa shape index (κ2) is 4.74. The van der Waals surface area contributed by atoms with Gasteiger partial charge in [0.05, 0.1) is 17.3 Å². The average Bonchev–Trinajstić information content (AvgIpc) is 2.24. The van der Waals surface area contributed by atoms with E-state index >= 15 is 0 Å². The van der Waals surface area contributed by atoms with Crippen LogP contribution in [0.2, 0.25) is 0 Å². The normalized spacial score (nSPS) is 10.5. The molecule has 1 aromatic carbocycles. The third kappa shape index (κ3) is 3.38. The van der Waals surface area contributed by atoms with E-state index in [9.17, 15) is 18.0 Å². The van der Waals surface area contributed by atoms with Gasteiger partial charge in [-0.15, -0.1) is 18.2 Å². The van der Waals surface area contributed by atoms with Gasteiger partial charge in [0, 0.05) is 6.92 Å². The van der Waals surface area contributed by atoms with Crippen molar-refractivity contribution in [1.82, 2.24) is 0 Å². The van der Waals surface area contributed by atoms with Crippen LogP contribution in [0.25, 0.3) is 0 Å². The maximum Gasteiger partial charge on any atom is 0.517 e. The number of hydrogen-bond acceptors (Lipinski definition) is 4. The molecule has 1 rings (SSSR count). The van der Waals surface area contributed by atoms with Crippen molar-refractivity contribution in [2.75, 3.05) is 5.06 Å². The monoisotopic (exact) mass is 244 g/mol. The summed E-state index contributed by atoms with van der Waals surface area (Å²) in [5.74, 6) is -1.11. The summed E-state index contributed by atoms with van der Waals surface area (Å²) >= 11 is 0. The first kappa shape index (κ1) is 12.8. The van der Waals surface area contributed by atoms with Gasteiger partial charge >= 0.3 is 12.3 Å². The number of benzene rings is 1. The molecule has 0 saturated carbocycles. The van der Waals surface area contributed by atoms with Crippen molar-refractivity contribution >= 4 is 11.7 Å². The Bertz CT molecular complexity index is 465. The number of nitriles is 1. The van der Waals surface area contributed by atoms with Crippen LogP contribution < -0.4 is 5.06 Å². The SMILES string of the molecule is CC(=O)ON(c1cccc(C#N)c1)C(F)(F)F. The Hall–Kier alpha value is -2.23. The first-order valence-corrected chi connectivity index (χ1v) is 4.40. The van der Waals surface area contributed by atoms with Crippen LogP contribution in [0.5, 0.6) is 0 Å². The largest absolute Gasteiger partial charge is 0.517 e.